The van der Waals surface area contributed by atoms with E-state index in [-0.39, 0.29) is 5.75 Å². The number of carbonyl (C=O) groups excluding carboxylic acids is 2. The van der Waals surface area contributed by atoms with Crippen molar-refractivity contribution in [1.29, 1.82) is 0 Å². The van der Waals surface area contributed by atoms with Crippen LogP contribution < -0.4 is 4.74 Å². The first-order chi connectivity index (χ1) is 13.2. The summed E-state index contributed by atoms with van der Waals surface area (Å²) in [5.41, 5.74) is 0.985. The molecule has 0 aliphatic rings. The molecule has 148 valence electrons. The molecule has 2 aromatic rings. The number of benzene rings is 2. The summed E-state index contributed by atoms with van der Waals surface area (Å²) in [6, 6.07) is 13.5. The van der Waals surface area contributed by atoms with Crippen molar-refractivity contribution in [2.75, 3.05) is 14.1 Å². The van der Waals surface area contributed by atoms with Crippen LogP contribution in [0.5, 0.6) is 5.75 Å². The number of halogens is 3. The lowest BCUT2D eigenvalue weighted by molar-refractivity contribution is -0.274. The van der Waals surface area contributed by atoms with Gasteiger partial charge in [-0.05, 0) is 23.8 Å². The molecule has 28 heavy (non-hydrogen) atoms. The summed E-state index contributed by atoms with van der Waals surface area (Å²) in [7, 11) is 3.10. The Morgan fingerprint density at radius 2 is 1.61 bits per heavy atom. The van der Waals surface area contributed by atoms with Crippen molar-refractivity contribution < 1.29 is 32.2 Å². The first-order valence-electron chi connectivity index (χ1n) is 8.16. The van der Waals surface area contributed by atoms with E-state index in [0.29, 0.717) is 11.1 Å². The summed E-state index contributed by atoms with van der Waals surface area (Å²) in [4.78, 5) is 25.8. The minimum atomic E-state index is -4.77. The molecule has 0 radical (unpaired) electrons. The maximum absolute atomic E-state index is 12.3. The van der Waals surface area contributed by atoms with E-state index in [0.717, 1.165) is 18.2 Å². The lowest BCUT2D eigenvalue weighted by Gasteiger charge is -2.20. The van der Waals surface area contributed by atoms with Gasteiger partial charge in [0.2, 0.25) is 6.10 Å². The number of rotatable bonds is 6. The summed E-state index contributed by atoms with van der Waals surface area (Å²) < 4.78 is 45.5. The highest BCUT2D eigenvalue weighted by Crippen LogP contribution is 2.23. The monoisotopic (exact) mass is 393 g/mol. The molecule has 0 spiro atoms. The second-order valence-corrected chi connectivity index (χ2v) is 5.91. The topological polar surface area (TPSA) is 55.8 Å². The molecule has 0 N–H and O–H groups in total. The second-order valence-electron chi connectivity index (χ2n) is 5.91. The lowest BCUT2D eigenvalue weighted by atomic mass is 10.1. The molecule has 0 saturated carbocycles. The highest BCUT2D eigenvalue weighted by Gasteiger charge is 2.31. The summed E-state index contributed by atoms with van der Waals surface area (Å²) in [5, 5.41) is 0. The van der Waals surface area contributed by atoms with E-state index in [9.17, 15) is 22.8 Å². The van der Waals surface area contributed by atoms with Gasteiger partial charge in [0, 0.05) is 25.7 Å². The van der Waals surface area contributed by atoms with E-state index in [2.05, 4.69) is 4.74 Å². The number of carbonyl (C=O) groups is 2. The van der Waals surface area contributed by atoms with Gasteiger partial charge in [0.25, 0.3) is 5.91 Å². The van der Waals surface area contributed by atoms with E-state index >= 15 is 0 Å². The third kappa shape index (κ3) is 6.46. The largest absolute Gasteiger partial charge is 0.573 e. The first kappa shape index (κ1) is 21.0. The highest BCUT2D eigenvalue weighted by atomic mass is 19.4. The predicted molar refractivity (Wildman–Crippen MR) is 96.1 cm³/mol. The maximum atomic E-state index is 12.3. The Bertz CT molecular complexity index is 831. The van der Waals surface area contributed by atoms with Crippen molar-refractivity contribution in [2.45, 2.75) is 12.5 Å². The summed E-state index contributed by atoms with van der Waals surface area (Å²) in [6.07, 6.45) is -3.41. The Hall–Kier alpha value is -3.29. The van der Waals surface area contributed by atoms with Crippen LogP contribution >= 0.6 is 0 Å². The molecule has 8 heteroatoms. The van der Waals surface area contributed by atoms with Gasteiger partial charge in [-0.15, -0.1) is 13.2 Å². The van der Waals surface area contributed by atoms with Gasteiger partial charge in [0.1, 0.15) is 5.75 Å². The molecule has 0 heterocycles. The predicted octanol–water partition coefficient (Wildman–Crippen LogP) is 3.97. The number of alkyl halides is 3. The van der Waals surface area contributed by atoms with Gasteiger partial charge in [0.15, 0.2) is 0 Å². The molecule has 0 bridgehead atoms. The summed E-state index contributed by atoms with van der Waals surface area (Å²) >= 11 is 0. The van der Waals surface area contributed by atoms with Crippen LogP contribution in [0.2, 0.25) is 0 Å². The zero-order valence-electron chi connectivity index (χ0n) is 15.1. The molecule has 0 unspecified atom stereocenters. The van der Waals surface area contributed by atoms with Crippen molar-refractivity contribution in [3.05, 3.63) is 71.8 Å². The zero-order valence-corrected chi connectivity index (χ0v) is 15.1. The number of esters is 1. The van der Waals surface area contributed by atoms with E-state index in [1.165, 1.54) is 23.1 Å². The number of ether oxygens (including phenoxy) is 2. The molecule has 0 aromatic heterocycles. The Balaban J connectivity index is 2.07. The second kappa shape index (κ2) is 9.07. The van der Waals surface area contributed by atoms with Gasteiger partial charge in [-0.1, -0.05) is 42.5 Å². The van der Waals surface area contributed by atoms with Crippen molar-refractivity contribution in [1.82, 2.24) is 4.90 Å². The van der Waals surface area contributed by atoms with Crippen molar-refractivity contribution in [2.24, 2.45) is 0 Å². The molecule has 0 fully saturated rings. The number of amides is 1. The van der Waals surface area contributed by atoms with Gasteiger partial charge < -0.3 is 14.4 Å². The Kier molecular flexibility index (Phi) is 6.81. The zero-order chi connectivity index (χ0) is 20.7. The number of hydrogen-bond acceptors (Lipinski definition) is 4. The number of nitrogens with zero attached hydrogens (tertiary/aromatic N) is 1. The molecule has 0 aliphatic carbocycles. The van der Waals surface area contributed by atoms with Crippen molar-refractivity contribution in [3.63, 3.8) is 0 Å². The van der Waals surface area contributed by atoms with E-state index in [1.54, 1.807) is 44.4 Å². The van der Waals surface area contributed by atoms with Gasteiger partial charge in [-0.2, -0.15) is 0 Å². The van der Waals surface area contributed by atoms with Crippen LogP contribution in [0.15, 0.2) is 60.7 Å². The van der Waals surface area contributed by atoms with Crippen molar-refractivity contribution in [3.8, 4) is 5.75 Å². The van der Waals surface area contributed by atoms with Crippen LogP contribution in [0.25, 0.3) is 6.08 Å². The Morgan fingerprint density at radius 3 is 2.14 bits per heavy atom. The average molecular weight is 393 g/mol. The molecular formula is C20H18F3NO4. The first-order valence-corrected chi connectivity index (χ1v) is 8.16. The quantitative estimate of drug-likeness (QED) is 0.551. The normalized spacial score (nSPS) is 12.5. The molecule has 0 aliphatic heterocycles. The minimum absolute atomic E-state index is 0.368. The number of hydrogen-bond donors (Lipinski definition) is 0. The van der Waals surface area contributed by atoms with Crippen LogP contribution in [0.3, 0.4) is 0 Å². The lowest BCUT2D eigenvalue weighted by Crippen LogP contribution is -2.30. The van der Waals surface area contributed by atoms with Crippen molar-refractivity contribution >= 4 is 18.0 Å². The standard InChI is InChI=1S/C20H18F3NO4/c1-24(2)19(26)18(15-6-4-3-5-7-15)27-17(25)13-10-14-8-11-16(12-9-14)28-20(21,22)23/h3-13,18H,1-2H3/b13-10+/t18-/m0/s1. The van der Waals surface area contributed by atoms with Crippen LogP contribution in [-0.2, 0) is 14.3 Å². The Labute approximate surface area is 160 Å². The molecule has 2 aromatic carbocycles. The average Bonchev–Trinajstić information content (AvgIpc) is 2.64. The third-order valence-corrected chi connectivity index (χ3v) is 3.53. The van der Waals surface area contributed by atoms with Crippen LogP contribution in [0.4, 0.5) is 13.2 Å². The fourth-order valence-electron chi connectivity index (χ4n) is 2.22. The van der Waals surface area contributed by atoms with E-state index < -0.39 is 24.3 Å². The highest BCUT2D eigenvalue weighted by molar-refractivity contribution is 5.90. The molecule has 2 rings (SSSR count). The minimum Gasteiger partial charge on any atom is -0.444 e. The van der Waals surface area contributed by atoms with Gasteiger partial charge in [-0.3, -0.25) is 4.79 Å². The van der Waals surface area contributed by atoms with E-state index in [1.807, 2.05) is 0 Å². The molecular weight excluding hydrogens is 375 g/mol. The smallest absolute Gasteiger partial charge is 0.444 e. The molecule has 5 nitrogen and oxygen atoms in total. The van der Waals surface area contributed by atoms with Crippen LogP contribution in [-0.4, -0.2) is 37.2 Å². The molecule has 1 atom stereocenters. The SMILES string of the molecule is CN(C)C(=O)[C@@H](OC(=O)/C=C/c1ccc(OC(F)(F)F)cc1)c1ccccc1. The van der Waals surface area contributed by atoms with E-state index in [4.69, 9.17) is 4.74 Å². The van der Waals surface area contributed by atoms with Gasteiger partial charge in [-0.25, -0.2) is 4.79 Å². The maximum Gasteiger partial charge on any atom is 0.573 e. The van der Waals surface area contributed by atoms with Gasteiger partial charge in [0.05, 0.1) is 0 Å². The van der Waals surface area contributed by atoms with Crippen LogP contribution in [0, 0.1) is 0 Å². The molecule has 0 saturated heterocycles. The summed E-state index contributed by atoms with van der Waals surface area (Å²) in [6.45, 7) is 0. The van der Waals surface area contributed by atoms with Crippen LogP contribution in [0.1, 0.15) is 17.2 Å². The summed E-state index contributed by atoms with van der Waals surface area (Å²) in [5.74, 6) is -1.53. The fraction of sp³-hybridized carbons (Fsp3) is 0.200. The number of likely N-dealkylation sites (N-methyl/N-ethyl adjacent to an activating group) is 1. The third-order valence-electron chi connectivity index (χ3n) is 3.53. The fourth-order valence-corrected chi connectivity index (χ4v) is 2.22. The van der Waals surface area contributed by atoms with Gasteiger partial charge >= 0.3 is 12.3 Å². The Morgan fingerprint density at radius 1 is 1.00 bits per heavy atom. The molecule has 1 amide bonds.